The molecule has 142 heavy (non-hydrogen) atoms. The smallest absolute Gasteiger partial charge is 0.469 e. The SMILES string of the molecule is CC1(C)OB(c2cnn(C(F)F)c2)OC1(C)C.COC(=O)C[C@H](C(=O)NN(Cc1c(F)cc(-c2ccn(C(F)F)n2)cc1F)C[C@H](O)[C@@H](CC(=O)[C@@H](NC(=O)OC)C(C)(C)C(F)(F)F)Cc1ccc(-c2cnn(C(F)F)c2)cc1)C(C)(C)C.COC(=O)C[C@H](C(=O)NN(Cc1c(F)cc(-c2ccn(C(F)F)n2)cc1F)C[C@H](O)[C@@H](CC(=O)[C@@H](NC(=O)OC)C(C)(C)C(F)(F)F)Cc1ccc(I)cc1)C(C)(C)C. The van der Waals surface area contributed by atoms with E-state index in [4.69, 9.17) is 18.8 Å². The summed E-state index contributed by atoms with van der Waals surface area (Å²) in [5.41, 5.74) is -3.63. The van der Waals surface area contributed by atoms with E-state index in [1.54, 1.807) is 65.8 Å². The third-order valence-corrected chi connectivity index (χ3v) is 25.0. The standard InChI is InChI=1S/C43H50F9N7O7.C39H47F7IN5O7.C10H15BF2N2O2/c1-41(2,3)29(18-35(62)65-6)37(63)56-57(21-28-30(44)15-25(16-31(28)45)32-12-13-58(55-32)38(46)47)22-34(61)26(17-33(60)36(54-40(64)66-7)42(4,5)43(50,51)52)14-23-8-10-24(11-9-23)27-19-53-59(20-27)39(48)49;1-37(2,3)26(18-32(55)58-6)34(56)50-51(19-25-27(40)15-22(16-28(25)41)29-12-13-52(49-29)35(42)43)20-31(54)23(14-21-8-10-24(47)11-9-21)17-30(53)33(48-36(57)59-7)38(4,5)39(44,45)46;1-9(2)10(3,4)17-11(16-9)7-5-14-15(6-7)8(12)13/h8-13,15-16,19-20,26,29,34,36,38-39,61H,14,17-18,21-22H2,1-7H3,(H,54,64)(H,56,63);8-13,15-16,23,26,31,33,35,54H,14,17-20H2,1-7H3,(H,48,57)(H,50,56);5-6,8H,1-4H3/t26-,29-,34+,36-;23-,26-,31+,33-;/m11./s1. The van der Waals surface area contributed by atoms with Crippen LogP contribution < -0.4 is 26.9 Å². The quantitative estimate of drug-likeness (QED) is 0.00519. The minimum absolute atomic E-state index is 0.126. The first-order chi connectivity index (χ1) is 65.7. The summed E-state index contributed by atoms with van der Waals surface area (Å²) in [5, 5.41) is 44.0. The molecule has 0 saturated carbocycles. The number of esters is 2. The van der Waals surface area contributed by atoms with Crippen molar-refractivity contribution in [2.75, 3.05) is 41.5 Å². The van der Waals surface area contributed by atoms with Gasteiger partial charge >= 0.3 is 69.8 Å². The molecule has 6 N–H and O–H groups in total. The van der Waals surface area contributed by atoms with E-state index in [0.29, 0.717) is 64.8 Å². The number of hydrogen-bond acceptors (Lipinski definition) is 22. The minimum atomic E-state index is -5.07. The molecule has 0 bridgehead atoms. The van der Waals surface area contributed by atoms with E-state index in [1.165, 1.54) is 42.9 Å². The van der Waals surface area contributed by atoms with Crippen LogP contribution in [0.4, 0.5) is 88.6 Å². The Morgan fingerprint density at radius 2 is 0.803 bits per heavy atom. The molecule has 8 aromatic rings. The van der Waals surface area contributed by atoms with Gasteiger partial charge in [0.2, 0.25) is 11.8 Å². The van der Waals surface area contributed by atoms with Crippen molar-refractivity contribution in [3.8, 4) is 33.6 Å². The molecule has 0 spiro atoms. The lowest BCUT2D eigenvalue weighted by molar-refractivity contribution is -0.220. The van der Waals surface area contributed by atoms with Crippen LogP contribution in [-0.4, -0.2) is 203 Å². The molecule has 1 aliphatic rings. The molecule has 4 aromatic carbocycles. The van der Waals surface area contributed by atoms with Crippen molar-refractivity contribution in [2.45, 2.75) is 223 Å². The number of ketones is 2. The van der Waals surface area contributed by atoms with Gasteiger partial charge in [-0.25, -0.2) is 55.9 Å². The van der Waals surface area contributed by atoms with E-state index < -0.39 is 260 Å². The average Bonchev–Trinajstić information content (AvgIpc) is 1.63. The lowest BCUT2D eigenvalue weighted by atomic mass is 9.77. The van der Waals surface area contributed by atoms with Crippen molar-refractivity contribution in [1.82, 2.24) is 70.6 Å². The number of benzene rings is 4. The molecule has 1 fully saturated rings. The van der Waals surface area contributed by atoms with Crippen LogP contribution in [0.2, 0.25) is 0 Å². The first-order valence-electron chi connectivity index (χ1n) is 43.6. The molecule has 1 aliphatic heterocycles. The predicted molar refractivity (Wildman–Crippen MR) is 485 cm³/mol. The van der Waals surface area contributed by atoms with Gasteiger partial charge in [0.15, 0.2) is 11.6 Å². The van der Waals surface area contributed by atoms with Crippen LogP contribution in [0.15, 0.2) is 122 Å². The Hall–Kier alpha value is -11.2. The number of methoxy groups -OCH3 is 4. The zero-order chi connectivity index (χ0) is 107. The number of halogens is 19. The Labute approximate surface area is 819 Å². The van der Waals surface area contributed by atoms with E-state index >= 15 is 17.6 Å². The highest BCUT2D eigenvalue weighted by molar-refractivity contribution is 14.1. The number of rotatable bonds is 40. The van der Waals surface area contributed by atoms with Gasteiger partial charge in [0.05, 0.1) is 105 Å². The van der Waals surface area contributed by atoms with Gasteiger partial charge in [-0.05, 0) is 179 Å². The molecule has 4 amide bonds. The summed E-state index contributed by atoms with van der Waals surface area (Å²) in [4.78, 5) is 105. The second-order valence-corrected chi connectivity index (χ2v) is 39.0. The normalized spacial score (nSPS) is 15.3. The number of aromatic nitrogens is 8. The second-order valence-electron chi connectivity index (χ2n) is 37.8. The van der Waals surface area contributed by atoms with Gasteiger partial charge in [-0.3, -0.25) is 39.6 Å². The van der Waals surface area contributed by atoms with E-state index in [9.17, 15) is 110 Å². The first-order valence-corrected chi connectivity index (χ1v) is 44.7. The van der Waals surface area contributed by atoms with E-state index in [1.807, 2.05) is 60.9 Å². The third kappa shape index (κ3) is 31.6. The Bertz CT molecular complexity index is 5550. The van der Waals surface area contributed by atoms with Crippen LogP contribution in [0.1, 0.15) is 171 Å². The summed E-state index contributed by atoms with van der Waals surface area (Å²) < 4.78 is 286. The first kappa shape index (κ1) is 118. The fraction of sp³-hybridized carbons (Fsp3) is 0.522. The number of alkyl halides is 14. The fourth-order valence-electron chi connectivity index (χ4n) is 14.7. The highest BCUT2D eigenvalue weighted by atomic mass is 127. The maximum Gasteiger partial charge on any atom is 0.498 e. The zero-order valence-corrected chi connectivity index (χ0v) is 82.5. The lowest BCUT2D eigenvalue weighted by Crippen LogP contribution is -2.57. The van der Waals surface area contributed by atoms with E-state index in [0.717, 1.165) is 97.0 Å². The number of nitrogens with one attached hydrogen (secondary N) is 4. The third-order valence-electron chi connectivity index (χ3n) is 24.3. The Morgan fingerprint density at radius 3 is 1.11 bits per heavy atom. The molecule has 9 rings (SSSR count). The minimum Gasteiger partial charge on any atom is -0.469 e. The van der Waals surface area contributed by atoms with Crippen LogP contribution in [0.3, 0.4) is 0 Å². The van der Waals surface area contributed by atoms with Crippen molar-refractivity contribution in [3.63, 3.8) is 0 Å². The number of amides is 4. The van der Waals surface area contributed by atoms with Crippen LogP contribution in [0.25, 0.3) is 33.6 Å². The molecule has 0 radical (unpaired) electrons. The number of nitrogens with zero attached hydrogens (tertiary/aromatic N) is 10. The number of Topliss-reactive ketones (excluding diaryl/α,β-unsaturated/α-hetero) is 2. The van der Waals surface area contributed by atoms with Gasteiger partial charge in [0, 0.05) is 107 Å². The topological polar surface area (TPSA) is 358 Å². The van der Waals surface area contributed by atoms with Gasteiger partial charge in [-0.1, -0.05) is 77.9 Å². The lowest BCUT2D eigenvalue weighted by Gasteiger charge is -2.37. The van der Waals surface area contributed by atoms with Crippen LogP contribution in [0, 0.1) is 72.2 Å². The fourth-order valence-corrected chi connectivity index (χ4v) is 15.0. The molecule has 30 nitrogen and oxygen atoms in total. The number of hydrogen-bond donors (Lipinski definition) is 6. The molecule has 8 atom stereocenters. The zero-order valence-electron chi connectivity index (χ0n) is 80.4. The molecule has 4 aromatic heterocycles. The number of ether oxygens (including phenoxy) is 4. The summed E-state index contributed by atoms with van der Waals surface area (Å²) in [6.45, 7) is 5.44. The molecule has 782 valence electrons. The van der Waals surface area contributed by atoms with Crippen LogP contribution in [0.5, 0.6) is 0 Å². The largest absolute Gasteiger partial charge is 0.498 e. The van der Waals surface area contributed by atoms with E-state index in [2.05, 4.69) is 40.7 Å². The maximum absolute atomic E-state index is 15.9. The number of aliphatic hydroxyl groups is 2. The van der Waals surface area contributed by atoms with Gasteiger partial charge in [0.25, 0.3) is 0 Å². The van der Waals surface area contributed by atoms with Crippen molar-refractivity contribution in [2.24, 2.45) is 45.3 Å². The molecule has 5 heterocycles. The van der Waals surface area contributed by atoms with Crippen LogP contribution in [-0.2, 0) is 83.0 Å². The summed E-state index contributed by atoms with van der Waals surface area (Å²) in [5.74, 6) is -15.4. The molecular weight excluding hydrogens is 2040 g/mol. The Morgan fingerprint density at radius 1 is 0.465 bits per heavy atom. The van der Waals surface area contributed by atoms with Gasteiger partial charge in [-0.15, -0.1) is 0 Å². The predicted octanol–water partition coefficient (Wildman–Crippen LogP) is 17.0. The van der Waals surface area contributed by atoms with Crippen molar-refractivity contribution in [3.05, 3.63) is 171 Å². The summed E-state index contributed by atoms with van der Waals surface area (Å²) >= 11 is 2.04. The molecular formula is C92H112BF18IN14O16. The molecule has 50 heteroatoms. The summed E-state index contributed by atoms with van der Waals surface area (Å²) in [6.07, 6.45) is -12.6. The van der Waals surface area contributed by atoms with Crippen molar-refractivity contribution >= 4 is 82.7 Å². The maximum atomic E-state index is 15.9. The molecule has 0 aliphatic carbocycles. The highest BCUT2D eigenvalue weighted by Gasteiger charge is 2.58. The van der Waals surface area contributed by atoms with Gasteiger partial charge in [0.1, 0.15) is 35.4 Å². The van der Waals surface area contributed by atoms with Crippen molar-refractivity contribution in [1.29, 1.82) is 0 Å². The summed E-state index contributed by atoms with van der Waals surface area (Å²) in [7, 11) is 3.33. The number of carbonyl (C=O) groups is 8. The highest BCUT2D eigenvalue weighted by Crippen LogP contribution is 2.45. The summed E-state index contributed by atoms with van der Waals surface area (Å²) in [6, 6.07) is 13.7. The number of aliphatic hydroxyl groups excluding tert-OH is 2. The van der Waals surface area contributed by atoms with Gasteiger partial charge < -0.3 is 49.1 Å². The Balaban J connectivity index is 0.000000331. The monoisotopic (exact) mass is 2150 g/mol. The van der Waals surface area contributed by atoms with E-state index in [-0.39, 0.29) is 44.7 Å². The van der Waals surface area contributed by atoms with Crippen LogP contribution >= 0.6 is 22.6 Å². The number of carbonyl (C=O) groups excluding carboxylic acids is 8. The van der Waals surface area contributed by atoms with Crippen molar-refractivity contribution < 1.29 is 156 Å². The molecule has 0 unspecified atom stereocenters. The Kier molecular flexibility index (Phi) is 40.5. The average molecular weight is 2150 g/mol. The number of alkyl carbamates (subject to hydrolysis) is 2. The second kappa shape index (κ2) is 48.9. The molecule has 1 saturated heterocycles. The van der Waals surface area contributed by atoms with Gasteiger partial charge in [-0.2, -0.15) is 81.9 Å². The number of hydrazine groups is 2.